The molecule has 27 heavy (non-hydrogen) atoms. The molecule has 144 valence electrons. The van der Waals surface area contributed by atoms with E-state index in [4.69, 9.17) is 14.2 Å². The number of methoxy groups -OCH3 is 1. The van der Waals surface area contributed by atoms with Gasteiger partial charge in [-0.3, -0.25) is 4.79 Å². The fourth-order valence-corrected chi connectivity index (χ4v) is 2.30. The van der Waals surface area contributed by atoms with E-state index < -0.39 is 18.5 Å². The van der Waals surface area contributed by atoms with Gasteiger partial charge >= 0.3 is 5.97 Å². The summed E-state index contributed by atoms with van der Waals surface area (Å²) in [6.07, 6.45) is 0. The fraction of sp³-hybridized carbons (Fsp3) is 0.333. The van der Waals surface area contributed by atoms with Gasteiger partial charge in [0, 0.05) is 0 Å². The van der Waals surface area contributed by atoms with Crippen LogP contribution >= 0.6 is 0 Å². The lowest BCUT2D eigenvalue weighted by Gasteiger charge is -2.12. The summed E-state index contributed by atoms with van der Waals surface area (Å²) in [5.74, 6) is 0.473. The Bertz CT molecular complexity index is 801. The molecule has 0 radical (unpaired) electrons. The van der Waals surface area contributed by atoms with Crippen LogP contribution in [-0.2, 0) is 9.53 Å². The largest absolute Gasteiger partial charge is 0.495 e. The van der Waals surface area contributed by atoms with Crippen LogP contribution in [0.5, 0.6) is 11.5 Å². The molecule has 0 saturated carbocycles. The van der Waals surface area contributed by atoms with E-state index >= 15 is 0 Å². The Labute approximate surface area is 159 Å². The molecule has 0 aliphatic carbocycles. The summed E-state index contributed by atoms with van der Waals surface area (Å²) in [6.45, 7) is 6.15. The van der Waals surface area contributed by atoms with E-state index in [9.17, 15) is 9.59 Å². The number of hydrogen-bond donors (Lipinski definition) is 1. The number of rotatable bonds is 8. The van der Waals surface area contributed by atoms with Crippen LogP contribution in [0.3, 0.4) is 0 Å². The number of nitrogens with one attached hydrogen (secondary N) is 1. The SMILES string of the molecule is COc1ccc(C)cc1NC(=O)COC(=O)c1cccc(OCC(C)C)c1. The molecule has 0 aliphatic heterocycles. The summed E-state index contributed by atoms with van der Waals surface area (Å²) >= 11 is 0. The van der Waals surface area contributed by atoms with Crippen molar-refractivity contribution >= 4 is 17.6 Å². The van der Waals surface area contributed by atoms with E-state index in [-0.39, 0.29) is 0 Å². The molecule has 1 N–H and O–H groups in total. The average molecular weight is 371 g/mol. The van der Waals surface area contributed by atoms with Gasteiger partial charge in [-0.2, -0.15) is 0 Å². The molecule has 0 unspecified atom stereocenters. The number of carbonyl (C=O) groups is 2. The number of hydrogen-bond acceptors (Lipinski definition) is 5. The molecule has 1 amide bonds. The van der Waals surface area contributed by atoms with Gasteiger partial charge in [0.05, 0.1) is 25.0 Å². The van der Waals surface area contributed by atoms with Crippen LogP contribution in [0.4, 0.5) is 5.69 Å². The van der Waals surface area contributed by atoms with Crippen molar-refractivity contribution in [3.05, 3.63) is 53.6 Å². The standard InChI is InChI=1S/C21H25NO5/c1-14(2)12-26-17-7-5-6-16(11-17)21(24)27-13-20(23)22-18-10-15(3)8-9-19(18)25-4/h5-11,14H,12-13H2,1-4H3,(H,22,23). The van der Waals surface area contributed by atoms with E-state index in [0.29, 0.717) is 35.3 Å². The zero-order chi connectivity index (χ0) is 19.8. The van der Waals surface area contributed by atoms with Gasteiger partial charge in [0.15, 0.2) is 6.61 Å². The van der Waals surface area contributed by atoms with E-state index in [1.54, 1.807) is 36.4 Å². The zero-order valence-corrected chi connectivity index (χ0v) is 16.1. The van der Waals surface area contributed by atoms with Crippen molar-refractivity contribution in [2.75, 3.05) is 25.6 Å². The highest BCUT2D eigenvalue weighted by Crippen LogP contribution is 2.25. The van der Waals surface area contributed by atoms with Crippen LogP contribution in [0.15, 0.2) is 42.5 Å². The smallest absolute Gasteiger partial charge is 0.338 e. The first-order valence-corrected chi connectivity index (χ1v) is 8.73. The summed E-state index contributed by atoms with van der Waals surface area (Å²) in [5, 5.41) is 2.69. The van der Waals surface area contributed by atoms with Gasteiger partial charge in [0.1, 0.15) is 11.5 Å². The summed E-state index contributed by atoms with van der Waals surface area (Å²) in [7, 11) is 1.52. The maximum atomic E-state index is 12.2. The van der Waals surface area contributed by atoms with Crippen molar-refractivity contribution < 1.29 is 23.8 Å². The zero-order valence-electron chi connectivity index (χ0n) is 16.1. The first kappa shape index (κ1) is 20.3. The second-order valence-electron chi connectivity index (χ2n) is 6.56. The Hall–Kier alpha value is -3.02. The molecule has 2 aromatic rings. The molecule has 0 atom stereocenters. The van der Waals surface area contributed by atoms with Crippen molar-refractivity contribution in [2.45, 2.75) is 20.8 Å². The Morgan fingerprint density at radius 3 is 2.59 bits per heavy atom. The third-order valence-corrected chi connectivity index (χ3v) is 3.62. The maximum absolute atomic E-state index is 12.2. The van der Waals surface area contributed by atoms with Crippen LogP contribution in [0, 0.1) is 12.8 Å². The highest BCUT2D eigenvalue weighted by Gasteiger charge is 2.13. The normalized spacial score (nSPS) is 10.4. The third kappa shape index (κ3) is 6.33. The number of esters is 1. The fourth-order valence-electron chi connectivity index (χ4n) is 2.30. The van der Waals surface area contributed by atoms with Crippen LogP contribution in [0.25, 0.3) is 0 Å². The maximum Gasteiger partial charge on any atom is 0.338 e. The number of amides is 1. The van der Waals surface area contributed by atoms with Gasteiger partial charge in [-0.25, -0.2) is 4.79 Å². The second-order valence-corrected chi connectivity index (χ2v) is 6.56. The number of carbonyl (C=O) groups excluding carboxylic acids is 2. The molecule has 2 rings (SSSR count). The Balaban J connectivity index is 1.92. The highest BCUT2D eigenvalue weighted by atomic mass is 16.5. The van der Waals surface area contributed by atoms with Gasteiger partial charge in [0.25, 0.3) is 5.91 Å². The van der Waals surface area contributed by atoms with Gasteiger partial charge in [-0.1, -0.05) is 26.0 Å². The molecule has 0 spiro atoms. The molecular weight excluding hydrogens is 346 g/mol. The highest BCUT2D eigenvalue weighted by molar-refractivity contribution is 5.96. The lowest BCUT2D eigenvalue weighted by atomic mass is 10.2. The molecule has 0 heterocycles. The van der Waals surface area contributed by atoms with Gasteiger partial charge in [-0.15, -0.1) is 0 Å². The molecule has 6 heteroatoms. The minimum Gasteiger partial charge on any atom is -0.495 e. The second kappa shape index (κ2) is 9.62. The van der Waals surface area contributed by atoms with E-state index in [1.807, 2.05) is 26.8 Å². The lowest BCUT2D eigenvalue weighted by molar-refractivity contribution is -0.119. The minimum atomic E-state index is -0.587. The molecule has 0 fully saturated rings. The summed E-state index contributed by atoms with van der Waals surface area (Å²) in [6, 6.07) is 12.1. The Kier molecular flexibility index (Phi) is 7.23. The molecule has 2 aromatic carbocycles. The monoisotopic (exact) mass is 371 g/mol. The van der Waals surface area contributed by atoms with Gasteiger partial charge in [-0.05, 0) is 48.7 Å². The Morgan fingerprint density at radius 2 is 1.89 bits per heavy atom. The molecule has 6 nitrogen and oxygen atoms in total. The average Bonchev–Trinajstić information content (AvgIpc) is 2.65. The van der Waals surface area contributed by atoms with E-state index in [0.717, 1.165) is 5.56 Å². The number of aryl methyl sites for hydroxylation is 1. The number of benzene rings is 2. The quantitative estimate of drug-likeness (QED) is 0.714. The van der Waals surface area contributed by atoms with Gasteiger partial charge < -0.3 is 19.5 Å². The molecular formula is C21H25NO5. The van der Waals surface area contributed by atoms with Crippen LogP contribution in [0.2, 0.25) is 0 Å². The minimum absolute atomic E-state index is 0.331. The summed E-state index contributed by atoms with van der Waals surface area (Å²) in [4.78, 5) is 24.3. The topological polar surface area (TPSA) is 73.9 Å². The molecule has 0 aliphatic rings. The van der Waals surface area contributed by atoms with Crippen molar-refractivity contribution in [1.82, 2.24) is 0 Å². The predicted octanol–water partition coefficient (Wildman–Crippen LogP) is 3.83. The first-order valence-electron chi connectivity index (χ1n) is 8.73. The van der Waals surface area contributed by atoms with Crippen LogP contribution in [0.1, 0.15) is 29.8 Å². The third-order valence-electron chi connectivity index (χ3n) is 3.62. The van der Waals surface area contributed by atoms with Crippen molar-refractivity contribution in [2.24, 2.45) is 5.92 Å². The van der Waals surface area contributed by atoms with E-state index in [1.165, 1.54) is 7.11 Å². The molecule has 0 bridgehead atoms. The lowest BCUT2D eigenvalue weighted by Crippen LogP contribution is -2.21. The van der Waals surface area contributed by atoms with Crippen molar-refractivity contribution in [1.29, 1.82) is 0 Å². The number of anilines is 1. The molecule has 0 aromatic heterocycles. The van der Waals surface area contributed by atoms with E-state index in [2.05, 4.69) is 5.32 Å². The van der Waals surface area contributed by atoms with Crippen molar-refractivity contribution in [3.8, 4) is 11.5 Å². The summed E-state index contributed by atoms with van der Waals surface area (Å²) in [5.41, 5.74) is 1.83. The summed E-state index contributed by atoms with van der Waals surface area (Å²) < 4.78 is 15.9. The van der Waals surface area contributed by atoms with Crippen LogP contribution in [-0.4, -0.2) is 32.2 Å². The number of ether oxygens (including phenoxy) is 3. The Morgan fingerprint density at radius 1 is 1.11 bits per heavy atom. The first-order chi connectivity index (χ1) is 12.9. The predicted molar refractivity (Wildman–Crippen MR) is 103 cm³/mol. The van der Waals surface area contributed by atoms with Crippen molar-refractivity contribution in [3.63, 3.8) is 0 Å². The van der Waals surface area contributed by atoms with Gasteiger partial charge in [0.2, 0.25) is 0 Å². The van der Waals surface area contributed by atoms with Crippen LogP contribution < -0.4 is 14.8 Å². The molecule has 0 saturated heterocycles.